The highest BCUT2D eigenvalue weighted by molar-refractivity contribution is 7.12. The molecule has 1 aromatic carbocycles. The van der Waals surface area contributed by atoms with Gasteiger partial charge in [0.05, 0.1) is 24.6 Å². The number of likely N-dealkylation sites (N-methyl/N-ethyl adjacent to an activating group) is 1. The maximum absolute atomic E-state index is 12.4. The first kappa shape index (κ1) is 20.6. The minimum absolute atomic E-state index is 0.00926. The van der Waals surface area contributed by atoms with Gasteiger partial charge in [-0.3, -0.25) is 14.5 Å². The first-order valence-electron chi connectivity index (χ1n) is 10.1. The Hall–Kier alpha value is -2.68. The lowest BCUT2D eigenvalue weighted by Gasteiger charge is -2.26. The second kappa shape index (κ2) is 9.42. The Labute approximate surface area is 179 Å². The number of hydrogen-bond acceptors (Lipinski definition) is 5. The van der Waals surface area contributed by atoms with Crippen molar-refractivity contribution in [3.05, 3.63) is 52.9 Å². The lowest BCUT2D eigenvalue weighted by Crippen LogP contribution is -2.38. The largest absolute Gasteiger partial charge is 0.379 e. The van der Waals surface area contributed by atoms with Crippen molar-refractivity contribution in [2.75, 3.05) is 51.8 Å². The molecule has 0 saturated carbocycles. The molecule has 7 nitrogen and oxygen atoms in total. The monoisotopic (exact) mass is 426 g/mol. The molecule has 2 aromatic heterocycles. The molecule has 1 fully saturated rings. The molecule has 0 bridgehead atoms. The SMILES string of the molecule is CN(CC(=O)Nc1ccc2c(ccn2CCN2CCOCC2)c1)C(=O)c1cccs1. The summed E-state index contributed by atoms with van der Waals surface area (Å²) in [5.74, 6) is -0.360. The summed E-state index contributed by atoms with van der Waals surface area (Å²) in [7, 11) is 1.64. The first-order valence-corrected chi connectivity index (χ1v) is 11.0. The predicted molar refractivity (Wildman–Crippen MR) is 119 cm³/mol. The minimum Gasteiger partial charge on any atom is -0.379 e. The number of ether oxygens (including phenoxy) is 1. The van der Waals surface area contributed by atoms with Crippen molar-refractivity contribution < 1.29 is 14.3 Å². The maximum atomic E-state index is 12.4. The summed E-state index contributed by atoms with van der Waals surface area (Å²) in [6.07, 6.45) is 2.09. The number of amides is 2. The van der Waals surface area contributed by atoms with Gasteiger partial charge < -0.3 is 19.5 Å². The van der Waals surface area contributed by atoms with Gasteiger partial charge in [-0.2, -0.15) is 0 Å². The average Bonchev–Trinajstić information content (AvgIpc) is 3.42. The summed E-state index contributed by atoms with van der Waals surface area (Å²) in [4.78, 5) is 29.2. The van der Waals surface area contributed by atoms with E-state index < -0.39 is 0 Å². The van der Waals surface area contributed by atoms with Crippen LogP contribution >= 0.6 is 11.3 Å². The number of benzene rings is 1. The van der Waals surface area contributed by atoms with Gasteiger partial charge in [0, 0.05) is 56.0 Å². The number of rotatable bonds is 7. The standard InChI is InChI=1S/C22H26N4O3S/c1-24(22(28)20-3-2-14-30-20)16-21(27)23-18-4-5-19-17(15-18)6-7-26(19)9-8-25-10-12-29-13-11-25/h2-7,14-15H,8-13,16H2,1H3,(H,23,27). The first-order chi connectivity index (χ1) is 14.6. The molecular weight excluding hydrogens is 400 g/mol. The molecule has 30 heavy (non-hydrogen) atoms. The molecule has 0 spiro atoms. The van der Waals surface area contributed by atoms with Crippen molar-refractivity contribution >= 4 is 39.7 Å². The molecule has 0 radical (unpaired) electrons. The predicted octanol–water partition coefficient (Wildman–Crippen LogP) is 2.75. The highest BCUT2D eigenvalue weighted by Crippen LogP contribution is 2.21. The van der Waals surface area contributed by atoms with Crippen LogP contribution in [0.1, 0.15) is 9.67 Å². The van der Waals surface area contributed by atoms with Crippen LogP contribution in [0.3, 0.4) is 0 Å². The van der Waals surface area contributed by atoms with Crippen molar-refractivity contribution in [1.82, 2.24) is 14.4 Å². The molecule has 8 heteroatoms. The van der Waals surface area contributed by atoms with E-state index in [4.69, 9.17) is 4.74 Å². The molecule has 2 amide bonds. The molecule has 0 aliphatic carbocycles. The van der Waals surface area contributed by atoms with Gasteiger partial charge in [-0.15, -0.1) is 11.3 Å². The summed E-state index contributed by atoms with van der Waals surface area (Å²) in [5, 5.41) is 5.83. The van der Waals surface area contributed by atoms with E-state index in [9.17, 15) is 9.59 Å². The summed E-state index contributed by atoms with van der Waals surface area (Å²) in [5.41, 5.74) is 1.88. The van der Waals surface area contributed by atoms with E-state index in [1.165, 1.54) is 16.2 Å². The fraction of sp³-hybridized carbons (Fsp3) is 0.364. The number of nitrogens with zero attached hydrogens (tertiary/aromatic N) is 3. The Bertz CT molecular complexity index is 1010. The summed E-state index contributed by atoms with van der Waals surface area (Å²) >= 11 is 1.37. The van der Waals surface area contributed by atoms with E-state index in [1.54, 1.807) is 13.1 Å². The van der Waals surface area contributed by atoms with Crippen LogP contribution in [-0.4, -0.2) is 72.6 Å². The summed E-state index contributed by atoms with van der Waals surface area (Å²) in [6.45, 7) is 5.52. The van der Waals surface area contributed by atoms with Crippen LogP contribution in [0.4, 0.5) is 5.69 Å². The number of fused-ring (bicyclic) bond motifs is 1. The number of morpholine rings is 1. The van der Waals surface area contributed by atoms with Crippen LogP contribution in [0, 0.1) is 0 Å². The van der Waals surface area contributed by atoms with E-state index in [0.29, 0.717) is 4.88 Å². The molecular formula is C22H26N4O3S. The van der Waals surface area contributed by atoms with Crippen LogP contribution in [0.5, 0.6) is 0 Å². The number of carbonyl (C=O) groups excluding carboxylic acids is 2. The number of thiophene rings is 1. The van der Waals surface area contributed by atoms with Crippen molar-refractivity contribution in [1.29, 1.82) is 0 Å². The van der Waals surface area contributed by atoms with Crippen molar-refractivity contribution in [3.63, 3.8) is 0 Å². The number of anilines is 1. The van der Waals surface area contributed by atoms with Gasteiger partial charge in [-0.1, -0.05) is 6.07 Å². The van der Waals surface area contributed by atoms with Crippen LogP contribution < -0.4 is 5.32 Å². The lowest BCUT2D eigenvalue weighted by atomic mass is 10.2. The topological polar surface area (TPSA) is 66.8 Å². The van der Waals surface area contributed by atoms with E-state index >= 15 is 0 Å². The Morgan fingerprint density at radius 3 is 2.77 bits per heavy atom. The Morgan fingerprint density at radius 1 is 1.17 bits per heavy atom. The van der Waals surface area contributed by atoms with E-state index in [2.05, 4.69) is 27.0 Å². The van der Waals surface area contributed by atoms with Crippen LogP contribution in [0.25, 0.3) is 10.9 Å². The van der Waals surface area contributed by atoms with Crippen LogP contribution in [0.2, 0.25) is 0 Å². The Morgan fingerprint density at radius 2 is 2.00 bits per heavy atom. The molecule has 158 valence electrons. The quantitative estimate of drug-likeness (QED) is 0.631. The lowest BCUT2D eigenvalue weighted by molar-refractivity contribution is -0.116. The molecule has 3 heterocycles. The molecule has 0 unspecified atom stereocenters. The van der Waals surface area contributed by atoms with Gasteiger partial charge >= 0.3 is 0 Å². The van der Waals surface area contributed by atoms with Gasteiger partial charge in [-0.05, 0) is 35.7 Å². The molecule has 1 saturated heterocycles. The van der Waals surface area contributed by atoms with Crippen LogP contribution in [0.15, 0.2) is 48.0 Å². The van der Waals surface area contributed by atoms with E-state index in [1.807, 2.05) is 29.6 Å². The maximum Gasteiger partial charge on any atom is 0.264 e. The number of nitrogens with one attached hydrogen (secondary N) is 1. The fourth-order valence-electron chi connectivity index (χ4n) is 3.62. The van der Waals surface area contributed by atoms with Gasteiger partial charge in [-0.25, -0.2) is 0 Å². The zero-order valence-electron chi connectivity index (χ0n) is 17.0. The highest BCUT2D eigenvalue weighted by Gasteiger charge is 2.16. The summed E-state index contributed by atoms with van der Waals surface area (Å²) in [6, 6.07) is 11.6. The fourth-order valence-corrected chi connectivity index (χ4v) is 4.34. The van der Waals surface area contributed by atoms with Crippen LogP contribution in [-0.2, 0) is 16.1 Å². The molecule has 4 rings (SSSR count). The average molecular weight is 427 g/mol. The molecule has 1 N–H and O–H groups in total. The molecule has 1 aliphatic rings. The second-order valence-electron chi connectivity index (χ2n) is 7.42. The van der Waals surface area contributed by atoms with Crippen molar-refractivity contribution in [2.24, 2.45) is 0 Å². The van der Waals surface area contributed by atoms with Gasteiger partial charge in [0.15, 0.2) is 0 Å². The van der Waals surface area contributed by atoms with Gasteiger partial charge in [0.25, 0.3) is 5.91 Å². The summed E-state index contributed by atoms with van der Waals surface area (Å²) < 4.78 is 7.64. The molecule has 0 atom stereocenters. The Kier molecular flexibility index (Phi) is 6.47. The minimum atomic E-state index is -0.214. The van der Waals surface area contributed by atoms with Gasteiger partial charge in [0.1, 0.15) is 0 Å². The van der Waals surface area contributed by atoms with Crippen molar-refractivity contribution in [2.45, 2.75) is 6.54 Å². The zero-order chi connectivity index (χ0) is 20.9. The number of hydrogen-bond donors (Lipinski definition) is 1. The third-order valence-electron chi connectivity index (χ3n) is 5.28. The molecule has 1 aliphatic heterocycles. The third kappa shape index (κ3) is 4.89. The molecule has 3 aromatic rings. The zero-order valence-corrected chi connectivity index (χ0v) is 17.9. The number of aromatic nitrogens is 1. The second-order valence-corrected chi connectivity index (χ2v) is 8.37. The smallest absolute Gasteiger partial charge is 0.264 e. The van der Waals surface area contributed by atoms with E-state index in [-0.39, 0.29) is 18.4 Å². The Balaban J connectivity index is 1.34. The van der Waals surface area contributed by atoms with Gasteiger partial charge in [0.2, 0.25) is 5.91 Å². The number of carbonyl (C=O) groups is 2. The normalized spacial score (nSPS) is 14.7. The van der Waals surface area contributed by atoms with E-state index in [0.717, 1.165) is 56.0 Å². The highest BCUT2D eigenvalue weighted by atomic mass is 32.1. The third-order valence-corrected chi connectivity index (χ3v) is 6.13. The van der Waals surface area contributed by atoms with Crippen molar-refractivity contribution in [3.8, 4) is 0 Å².